The Hall–Kier alpha value is -3.04. The Labute approximate surface area is 158 Å². The molecule has 0 unspecified atom stereocenters. The zero-order valence-corrected chi connectivity index (χ0v) is 15.4. The van der Waals surface area contributed by atoms with Crippen molar-refractivity contribution >= 4 is 17.2 Å². The molecule has 1 aromatic carbocycles. The van der Waals surface area contributed by atoms with Crippen LogP contribution in [0.2, 0.25) is 0 Å². The molecule has 0 aliphatic carbocycles. The zero-order valence-electron chi connectivity index (χ0n) is 15.4. The highest BCUT2D eigenvalue weighted by Gasteiger charge is 2.30. The summed E-state index contributed by atoms with van der Waals surface area (Å²) >= 11 is 0. The molecule has 2 aromatic heterocycles. The summed E-state index contributed by atoms with van der Waals surface area (Å²) in [4.78, 5) is 25.4. The maximum Gasteiger partial charge on any atom is 0.416 e. The van der Waals surface area contributed by atoms with Gasteiger partial charge in [0.25, 0.3) is 11.3 Å². The highest BCUT2D eigenvalue weighted by Crippen LogP contribution is 2.31. The van der Waals surface area contributed by atoms with Gasteiger partial charge in [-0.15, -0.1) is 0 Å². The maximum absolute atomic E-state index is 12.8. The fraction of sp³-hybridized carbons (Fsp3) is 0.389. The van der Waals surface area contributed by atoms with E-state index in [2.05, 4.69) is 15.1 Å². The molecule has 3 aromatic rings. The number of aryl methyl sites for hydroxylation is 2. The van der Waals surface area contributed by atoms with Gasteiger partial charge in [-0.1, -0.05) is 0 Å². The number of halogens is 3. The van der Waals surface area contributed by atoms with E-state index in [1.165, 1.54) is 16.6 Å². The number of nitrogens with zero attached hydrogens (tertiary/aromatic N) is 5. The van der Waals surface area contributed by atoms with Gasteiger partial charge in [-0.2, -0.15) is 22.7 Å². The van der Waals surface area contributed by atoms with Crippen LogP contribution in [0, 0.1) is 13.8 Å². The van der Waals surface area contributed by atoms with E-state index < -0.39 is 11.7 Å². The van der Waals surface area contributed by atoms with Crippen LogP contribution in [0.1, 0.15) is 17.1 Å². The molecule has 1 aliphatic rings. The van der Waals surface area contributed by atoms with E-state index in [4.69, 9.17) is 0 Å². The first-order chi connectivity index (χ1) is 13.2. The molecule has 0 amide bonds. The van der Waals surface area contributed by atoms with Crippen molar-refractivity contribution in [2.75, 3.05) is 36.0 Å². The van der Waals surface area contributed by atoms with Gasteiger partial charge in [0.2, 0.25) is 0 Å². The Morgan fingerprint density at radius 2 is 1.57 bits per heavy atom. The SMILES string of the molecule is Cc1nc2nc(C)c(N3CCN(c4ccc(C(F)(F)F)cc4)CC3)c(=O)n2[nH]1. The van der Waals surface area contributed by atoms with E-state index in [0.717, 1.165) is 17.8 Å². The summed E-state index contributed by atoms with van der Waals surface area (Å²) in [5, 5.41) is 2.89. The minimum absolute atomic E-state index is 0.203. The topological polar surface area (TPSA) is 69.5 Å². The van der Waals surface area contributed by atoms with E-state index in [-0.39, 0.29) is 5.56 Å². The van der Waals surface area contributed by atoms with Crippen molar-refractivity contribution in [3.8, 4) is 0 Å². The summed E-state index contributed by atoms with van der Waals surface area (Å²) in [7, 11) is 0. The van der Waals surface area contributed by atoms with Crippen molar-refractivity contribution in [3.05, 3.63) is 51.7 Å². The van der Waals surface area contributed by atoms with Gasteiger partial charge in [-0.05, 0) is 38.1 Å². The van der Waals surface area contributed by atoms with Crippen molar-refractivity contribution in [3.63, 3.8) is 0 Å². The lowest BCUT2D eigenvalue weighted by Crippen LogP contribution is -2.48. The minimum Gasteiger partial charge on any atom is -0.368 e. The Morgan fingerprint density at radius 1 is 0.964 bits per heavy atom. The molecule has 0 atom stereocenters. The van der Waals surface area contributed by atoms with Crippen LogP contribution >= 0.6 is 0 Å². The van der Waals surface area contributed by atoms with E-state index >= 15 is 0 Å². The summed E-state index contributed by atoms with van der Waals surface area (Å²) in [6.45, 7) is 5.86. The van der Waals surface area contributed by atoms with Gasteiger partial charge >= 0.3 is 6.18 Å². The lowest BCUT2D eigenvalue weighted by Gasteiger charge is -2.37. The van der Waals surface area contributed by atoms with Crippen LogP contribution in [0.15, 0.2) is 29.1 Å². The molecule has 4 rings (SSSR count). The van der Waals surface area contributed by atoms with Crippen molar-refractivity contribution < 1.29 is 13.2 Å². The van der Waals surface area contributed by atoms with Gasteiger partial charge in [0.05, 0.1) is 11.3 Å². The summed E-state index contributed by atoms with van der Waals surface area (Å²) in [6.07, 6.45) is -4.34. The number of anilines is 2. The van der Waals surface area contributed by atoms with E-state index in [1.807, 2.05) is 9.80 Å². The van der Waals surface area contributed by atoms with E-state index in [9.17, 15) is 18.0 Å². The van der Waals surface area contributed by atoms with E-state index in [1.54, 1.807) is 13.8 Å². The van der Waals surface area contributed by atoms with Crippen molar-refractivity contribution in [1.29, 1.82) is 0 Å². The Kier molecular flexibility index (Phi) is 4.28. The van der Waals surface area contributed by atoms with Gasteiger partial charge in [0.15, 0.2) is 0 Å². The number of H-pyrrole nitrogens is 1. The van der Waals surface area contributed by atoms with Crippen LogP contribution < -0.4 is 15.4 Å². The maximum atomic E-state index is 12.8. The smallest absolute Gasteiger partial charge is 0.368 e. The summed E-state index contributed by atoms with van der Waals surface area (Å²) in [5.74, 6) is 0.945. The number of nitrogens with one attached hydrogen (secondary N) is 1. The standard InChI is InChI=1S/C18H19F3N6O/c1-11-15(16(28)27-17(22-11)23-12(2)24-27)26-9-7-25(8-10-26)14-5-3-13(4-6-14)18(19,20)21/h3-6H,7-10H2,1-2H3,(H,22,23,24). The fourth-order valence-electron chi connectivity index (χ4n) is 3.53. The molecule has 3 heterocycles. The van der Waals surface area contributed by atoms with Gasteiger partial charge in [-0.25, -0.2) is 4.98 Å². The predicted molar refractivity (Wildman–Crippen MR) is 99.0 cm³/mol. The lowest BCUT2D eigenvalue weighted by atomic mass is 10.1. The number of hydrogen-bond acceptors (Lipinski definition) is 5. The zero-order chi connectivity index (χ0) is 20.1. The van der Waals surface area contributed by atoms with Crippen LogP contribution in [-0.4, -0.2) is 45.8 Å². The van der Waals surface area contributed by atoms with Gasteiger partial charge < -0.3 is 9.80 Å². The first-order valence-electron chi connectivity index (χ1n) is 8.87. The Balaban J connectivity index is 1.53. The average Bonchev–Trinajstić information content (AvgIpc) is 3.02. The molecule has 1 aliphatic heterocycles. The molecule has 10 heteroatoms. The highest BCUT2D eigenvalue weighted by molar-refractivity contribution is 5.55. The van der Waals surface area contributed by atoms with Crippen LogP contribution in [0.3, 0.4) is 0 Å². The van der Waals surface area contributed by atoms with Gasteiger partial charge in [-0.3, -0.25) is 9.89 Å². The number of alkyl halides is 3. The van der Waals surface area contributed by atoms with Gasteiger partial charge in [0.1, 0.15) is 11.5 Å². The van der Waals surface area contributed by atoms with Gasteiger partial charge in [0, 0.05) is 31.9 Å². The van der Waals surface area contributed by atoms with Crippen molar-refractivity contribution in [2.24, 2.45) is 0 Å². The van der Waals surface area contributed by atoms with E-state index in [0.29, 0.717) is 49.2 Å². The minimum atomic E-state index is -4.34. The fourth-order valence-corrected chi connectivity index (χ4v) is 3.53. The normalized spacial score (nSPS) is 15.5. The number of aromatic nitrogens is 4. The number of rotatable bonds is 2. The number of hydrogen-bond donors (Lipinski definition) is 1. The quantitative estimate of drug-likeness (QED) is 0.725. The number of benzene rings is 1. The molecular formula is C18H19F3N6O. The molecule has 1 fully saturated rings. The third-order valence-electron chi connectivity index (χ3n) is 4.91. The number of aromatic amines is 1. The third-order valence-corrected chi connectivity index (χ3v) is 4.91. The van der Waals surface area contributed by atoms with Crippen LogP contribution in [-0.2, 0) is 6.18 Å². The Morgan fingerprint density at radius 3 is 2.18 bits per heavy atom. The molecule has 0 bridgehead atoms. The van der Waals surface area contributed by atoms with Crippen LogP contribution in [0.5, 0.6) is 0 Å². The highest BCUT2D eigenvalue weighted by atomic mass is 19.4. The largest absolute Gasteiger partial charge is 0.416 e. The molecule has 0 spiro atoms. The third kappa shape index (κ3) is 3.19. The molecule has 0 radical (unpaired) electrons. The lowest BCUT2D eigenvalue weighted by molar-refractivity contribution is -0.137. The predicted octanol–water partition coefficient (Wildman–Crippen LogP) is 2.38. The summed E-state index contributed by atoms with van der Waals surface area (Å²) in [5.41, 5.74) is 1.01. The average molecular weight is 392 g/mol. The second kappa shape index (κ2) is 6.54. The number of piperazine rings is 1. The molecular weight excluding hydrogens is 373 g/mol. The van der Waals surface area contributed by atoms with Crippen molar-refractivity contribution in [1.82, 2.24) is 19.6 Å². The monoisotopic (exact) mass is 392 g/mol. The second-order valence-electron chi connectivity index (χ2n) is 6.81. The van der Waals surface area contributed by atoms with Crippen LogP contribution in [0.25, 0.3) is 5.78 Å². The van der Waals surface area contributed by atoms with Crippen LogP contribution in [0.4, 0.5) is 24.5 Å². The number of fused-ring (bicyclic) bond motifs is 1. The molecule has 1 saturated heterocycles. The molecule has 0 saturated carbocycles. The summed E-state index contributed by atoms with van der Waals surface area (Å²) in [6, 6.07) is 5.16. The second-order valence-corrected chi connectivity index (χ2v) is 6.81. The molecule has 7 nitrogen and oxygen atoms in total. The summed E-state index contributed by atoms with van der Waals surface area (Å²) < 4.78 is 39.5. The Bertz CT molecular complexity index is 1060. The molecule has 28 heavy (non-hydrogen) atoms. The first-order valence-corrected chi connectivity index (χ1v) is 8.87. The first kappa shape index (κ1) is 18.3. The molecule has 148 valence electrons. The molecule has 1 N–H and O–H groups in total. The van der Waals surface area contributed by atoms with Crippen molar-refractivity contribution in [2.45, 2.75) is 20.0 Å².